The molecule has 1 fully saturated rings. The molecular formula is C8H15NO. The van der Waals surface area contributed by atoms with Crippen molar-refractivity contribution in [2.75, 3.05) is 0 Å². The summed E-state index contributed by atoms with van der Waals surface area (Å²) in [7, 11) is 0. The lowest BCUT2D eigenvalue weighted by Gasteiger charge is -2.35. The second kappa shape index (κ2) is 2.72. The maximum Gasteiger partial charge on any atom is 0.0755 e. The third-order valence-corrected chi connectivity index (χ3v) is 2.34. The molecular weight excluding hydrogens is 126 g/mol. The van der Waals surface area contributed by atoms with Crippen LogP contribution in [-0.4, -0.2) is 16.7 Å². The van der Waals surface area contributed by atoms with Gasteiger partial charge < -0.3 is 10.8 Å². The van der Waals surface area contributed by atoms with Gasteiger partial charge in [-0.1, -0.05) is 18.9 Å². The Labute approximate surface area is 61.7 Å². The van der Waals surface area contributed by atoms with E-state index >= 15 is 0 Å². The number of hydrogen-bond donors (Lipinski definition) is 2. The van der Waals surface area contributed by atoms with Gasteiger partial charge >= 0.3 is 0 Å². The van der Waals surface area contributed by atoms with Crippen molar-refractivity contribution in [3.8, 4) is 0 Å². The van der Waals surface area contributed by atoms with Crippen molar-refractivity contribution in [2.45, 2.75) is 37.3 Å². The summed E-state index contributed by atoms with van der Waals surface area (Å²) in [5.74, 6) is 0. The van der Waals surface area contributed by atoms with Gasteiger partial charge in [-0.2, -0.15) is 0 Å². The Morgan fingerprint density at radius 3 is 2.70 bits per heavy atom. The van der Waals surface area contributed by atoms with Crippen LogP contribution in [0.15, 0.2) is 12.7 Å². The summed E-state index contributed by atoms with van der Waals surface area (Å²) in [4.78, 5) is 0. The Balaban J connectivity index is 2.62. The molecule has 2 nitrogen and oxygen atoms in total. The number of aliphatic hydroxyl groups excluding tert-OH is 1. The molecule has 2 atom stereocenters. The van der Waals surface area contributed by atoms with E-state index in [1.165, 1.54) is 0 Å². The van der Waals surface area contributed by atoms with Gasteiger partial charge in [-0.3, -0.25) is 0 Å². The number of nitrogens with two attached hydrogens (primary N) is 1. The van der Waals surface area contributed by atoms with Crippen molar-refractivity contribution < 1.29 is 5.11 Å². The summed E-state index contributed by atoms with van der Waals surface area (Å²) in [5.41, 5.74) is 5.33. The van der Waals surface area contributed by atoms with Crippen LogP contribution in [0.5, 0.6) is 0 Å². The molecule has 3 N–H and O–H groups in total. The summed E-state index contributed by atoms with van der Waals surface area (Å²) >= 11 is 0. The molecule has 1 aliphatic rings. The van der Waals surface area contributed by atoms with Gasteiger partial charge in [0.25, 0.3) is 0 Å². The van der Waals surface area contributed by atoms with E-state index in [9.17, 15) is 5.11 Å². The topological polar surface area (TPSA) is 46.2 Å². The van der Waals surface area contributed by atoms with Crippen LogP contribution in [0.2, 0.25) is 0 Å². The molecule has 0 radical (unpaired) electrons. The van der Waals surface area contributed by atoms with E-state index in [-0.39, 0.29) is 6.10 Å². The first-order valence-corrected chi connectivity index (χ1v) is 3.79. The van der Waals surface area contributed by atoms with Gasteiger partial charge in [0.1, 0.15) is 0 Å². The minimum atomic E-state index is -0.502. The molecule has 58 valence electrons. The van der Waals surface area contributed by atoms with Crippen LogP contribution in [0.4, 0.5) is 0 Å². The van der Waals surface area contributed by atoms with Gasteiger partial charge in [0, 0.05) is 0 Å². The van der Waals surface area contributed by atoms with Crippen molar-refractivity contribution in [3.63, 3.8) is 0 Å². The molecule has 2 heteroatoms. The fraction of sp³-hybridized carbons (Fsp3) is 0.750. The van der Waals surface area contributed by atoms with E-state index in [0.29, 0.717) is 0 Å². The van der Waals surface area contributed by atoms with Crippen molar-refractivity contribution in [1.82, 2.24) is 0 Å². The molecule has 1 saturated carbocycles. The van der Waals surface area contributed by atoms with Gasteiger partial charge in [0.15, 0.2) is 0 Å². The van der Waals surface area contributed by atoms with E-state index in [4.69, 9.17) is 5.73 Å². The van der Waals surface area contributed by atoms with Crippen molar-refractivity contribution in [3.05, 3.63) is 12.7 Å². The fourth-order valence-corrected chi connectivity index (χ4v) is 1.44. The average Bonchev–Trinajstić information content (AvgIpc) is 1.96. The third-order valence-electron chi connectivity index (χ3n) is 2.34. The quantitative estimate of drug-likeness (QED) is 0.531. The molecule has 0 aromatic carbocycles. The highest BCUT2D eigenvalue weighted by Crippen LogP contribution is 2.26. The lowest BCUT2D eigenvalue weighted by atomic mass is 9.80. The highest BCUT2D eigenvalue weighted by molar-refractivity contribution is 5.06. The van der Waals surface area contributed by atoms with Crippen molar-refractivity contribution in [1.29, 1.82) is 0 Å². The smallest absolute Gasteiger partial charge is 0.0755 e. The lowest BCUT2D eigenvalue weighted by Crippen LogP contribution is -2.50. The third kappa shape index (κ3) is 1.22. The normalized spacial score (nSPS) is 41.2. The summed E-state index contributed by atoms with van der Waals surface area (Å²) < 4.78 is 0. The summed E-state index contributed by atoms with van der Waals surface area (Å²) in [5, 5.41) is 9.43. The Hall–Kier alpha value is -0.340. The minimum Gasteiger partial charge on any atom is -0.391 e. The molecule has 0 amide bonds. The Morgan fingerprint density at radius 1 is 1.60 bits per heavy atom. The fourth-order valence-electron chi connectivity index (χ4n) is 1.44. The Bertz CT molecular complexity index is 135. The van der Waals surface area contributed by atoms with Crippen molar-refractivity contribution in [2.24, 2.45) is 5.73 Å². The Morgan fingerprint density at radius 2 is 2.30 bits per heavy atom. The van der Waals surface area contributed by atoms with Crippen LogP contribution in [0.25, 0.3) is 0 Å². The highest BCUT2D eigenvalue weighted by Gasteiger charge is 2.32. The molecule has 0 aliphatic heterocycles. The highest BCUT2D eigenvalue weighted by atomic mass is 16.3. The number of hydrogen-bond acceptors (Lipinski definition) is 2. The van der Waals surface area contributed by atoms with Crippen LogP contribution in [-0.2, 0) is 0 Å². The van der Waals surface area contributed by atoms with Crippen LogP contribution >= 0.6 is 0 Å². The minimum absolute atomic E-state index is 0.376. The SMILES string of the molecule is C=C[C@]1(N)CCCC[C@@H]1O. The molecule has 0 bridgehead atoms. The van der Waals surface area contributed by atoms with Crippen LogP contribution in [0, 0.1) is 0 Å². The summed E-state index contributed by atoms with van der Waals surface area (Å²) in [6.07, 6.45) is 5.20. The first-order valence-electron chi connectivity index (χ1n) is 3.79. The van der Waals surface area contributed by atoms with Crippen molar-refractivity contribution >= 4 is 0 Å². The van der Waals surface area contributed by atoms with Gasteiger partial charge in [0.05, 0.1) is 11.6 Å². The van der Waals surface area contributed by atoms with Crippen LogP contribution in [0.1, 0.15) is 25.7 Å². The maximum absolute atomic E-state index is 9.43. The van der Waals surface area contributed by atoms with Crippen LogP contribution in [0.3, 0.4) is 0 Å². The van der Waals surface area contributed by atoms with E-state index in [1.807, 2.05) is 0 Å². The number of rotatable bonds is 1. The first kappa shape index (κ1) is 7.76. The molecule has 0 saturated heterocycles. The molecule has 0 unspecified atom stereocenters. The second-order valence-corrected chi connectivity index (χ2v) is 3.08. The second-order valence-electron chi connectivity index (χ2n) is 3.08. The zero-order chi connectivity index (χ0) is 7.61. The lowest BCUT2D eigenvalue weighted by molar-refractivity contribution is 0.0725. The first-order chi connectivity index (χ1) is 4.69. The summed E-state index contributed by atoms with van der Waals surface area (Å²) in [6, 6.07) is 0. The van der Waals surface area contributed by atoms with Gasteiger partial charge in [-0.25, -0.2) is 0 Å². The molecule has 0 aromatic rings. The van der Waals surface area contributed by atoms with Gasteiger partial charge in [0.2, 0.25) is 0 Å². The molecule has 0 aromatic heterocycles. The molecule has 1 rings (SSSR count). The maximum atomic E-state index is 9.43. The van der Waals surface area contributed by atoms with Gasteiger partial charge in [-0.15, -0.1) is 6.58 Å². The monoisotopic (exact) mass is 141 g/mol. The predicted molar refractivity (Wildman–Crippen MR) is 41.6 cm³/mol. The van der Waals surface area contributed by atoms with Crippen LogP contribution < -0.4 is 5.73 Å². The molecule has 0 heterocycles. The largest absolute Gasteiger partial charge is 0.391 e. The standard InChI is InChI=1S/C8H15NO/c1-2-8(9)6-4-3-5-7(8)10/h2,7,10H,1,3-6,9H2/t7-,8-/m0/s1. The zero-order valence-corrected chi connectivity index (χ0v) is 6.21. The number of aliphatic hydroxyl groups is 1. The Kier molecular flexibility index (Phi) is 2.11. The van der Waals surface area contributed by atoms with E-state index < -0.39 is 5.54 Å². The molecule has 1 aliphatic carbocycles. The summed E-state index contributed by atoms with van der Waals surface area (Å²) in [6.45, 7) is 3.62. The molecule has 10 heavy (non-hydrogen) atoms. The zero-order valence-electron chi connectivity index (χ0n) is 6.21. The van der Waals surface area contributed by atoms with E-state index in [1.54, 1.807) is 6.08 Å². The van der Waals surface area contributed by atoms with E-state index in [0.717, 1.165) is 25.7 Å². The van der Waals surface area contributed by atoms with Gasteiger partial charge in [-0.05, 0) is 12.8 Å². The average molecular weight is 141 g/mol. The molecule has 0 spiro atoms. The van der Waals surface area contributed by atoms with E-state index in [2.05, 4.69) is 6.58 Å². The predicted octanol–water partition coefficient (Wildman–Crippen LogP) is 0.805.